The van der Waals surface area contributed by atoms with Crippen molar-refractivity contribution in [3.8, 4) is 23.9 Å². The molecule has 3 aromatic heterocycles. The summed E-state index contributed by atoms with van der Waals surface area (Å²) in [4.78, 5) is 33.3. The van der Waals surface area contributed by atoms with E-state index in [1.807, 2.05) is 0 Å². The van der Waals surface area contributed by atoms with Crippen LogP contribution >= 0.6 is 11.8 Å². The van der Waals surface area contributed by atoms with Crippen LogP contribution in [0.25, 0.3) is 22.6 Å². The highest BCUT2D eigenvalue weighted by atomic mass is 32.2. The van der Waals surface area contributed by atoms with Crippen molar-refractivity contribution in [2.75, 3.05) is 5.75 Å². The largest absolute Gasteiger partial charge is 0.461 e. The first-order valence-corrected chi connectivity index (χ1v) is 7.61. The van der Waals surface area contributed by atoms with Crippen LogP contribution in [-0.2, 0) is 14.1 Å². The minimum atomic E-state index is -0.459. The molecule has 0 aliphatic carbocycles. The molecule has 0 bridgehead atoms. The Morgan fingerprint density at radius 3 is 2.74 bits per heavy atom. The Morgan fingerprint density at radius 1 is 1.30 bits per heavy atom. The molecule has 3 aromatic rings. The molecule has 23 heavy (non-hydrogen) atoms. The third-order valence-electron chi connectivity index (χ3n) is 3.30. The maximum atomic E-state index is 12.5. The van der Waals surface area contributed by atoms with Gasteiger partial charge in [0.25, 0.3) is 5.56 Å². The molecule has 0 fully saturated rings. The van der Waals surface area contributed by atoms with Crippen LogP contribution in [-0.4, -0.2) is 24.9 Å². The molecule has 0 spiro atoms. The van der Waals surface area contributed by atoms with Gasteiger partial charge in [-0.1, -0.05) is 17.7 Å². The number of furan rings is 1. The van der Waals surface area contributed by atoms with E-state index in [0.717, 1.165) is 4.57 Å². The van der Waals surface area contributed by atoms with E-state index in [2.05, 4.69) is 15.9 Å². The normalized spacial score (nSPS) is 10.8. The first-order valence-electron chi connectivity index (χ1n) is 6.62. The molecule has 0 atom stereocenters. The molecule has 0 unspecified atom stereocenters. The fraction of sp³-hybridized carbons (Fsp3) is 0.200. The molecule has 0 aliphatic rings. The van der Waals surface area contributed by atoms with Crippen LogP contribution in [0.3, 0.4) is 0 Å². The van der Waals surface area contributed by atoms with Gasteiger partial charge in [0.15, 0.2) is 17.2 Å². The molecular formula is C15H12N4O3S. The molecular weight excluding hydrogens is 316 g/mol. The van der Waals surface area contributed by atoms with Crippen molar-refractivity contribution in [2.45, 2.75) is 5.03 Å². The molecule has 0 aromatic carbocycles. The van der Waals surface area contributed by atoms with E-state index in [1.54, 1.807) is 19.2 Å². The van der Waals surface area contributed by atoms with Crippen LogP contribution < -0.4 is 11.2 Å². The predicted molar refractivity (Wildman–Crippen MR) is 87.3 cm³/mol. The van der Waals surface area contributed by atoms with Crippen molar-refractivity contribution in [2.24, 2.45) is 14.1 Å². The fourth-order valence-electron chi connectivity index (χ4n) is 2.16. The van der Waals surface area contributed by atoms with Crippen LogP contribution in [0.4, 0.5) is 0 Å². The van der Waals surface area contributed by atoms with Gasteiger partial charge < -0.3 is 4.42 Å². The van der Waals surface area contributed by atoms with Gasteiger partial charge in [0.1, 0.15) is 10.4 Å². The van der Waals surface area contributed by atoms with Gasteiger partial charge in [-0.05, 0) is 12.1 Å². The smallest absolute Gasteiger partial charge is 0.332 e. The van der Waals surface area contributed by atoms with E-state index in [-0.39, 0.29) is 11.0 Å². The molecule has 0 radical (unpaired) electrons. The summed E-state index contributed by atoms with van der Waals surface area (Å²) in [7, 11) is 2.97. The highest BCUT2D eigenvalue weighted by Gasteiger charge is 2.18. The number of hydrogen-bond donors (Lipinski definition) is 0. The minimum absolute atomic E-state index is 0.249. The number of aryl methyl sites for hydroxylation is 1. The maximum absolute atomic E-state index is 12.5. The van der Waals surface area contributed by atoms with E-state index in [9.17, 15) is 9.59 Å². The van der Waals surface area contributed by atoms with Gasteiger partial charge in [0.2, 0.25) is 0 Å². The maximum Gasteiger partial charge on any atom is 0.332 e. The van der Waals surface area contributed by atoms with Crippen molar-refractivity contribution >= 4 is 22.8 Å². The van der Waals surface area contributed by atoms with Gasteiger partial charge >= 0.3 is 5.69 Å². The summed E-state index contributed by atoms with van der Waals surface area (Å²) >= 11 is 1.24. The highest BCUT2D eigenvalue weighted by molar-refractivity contribution is 7.99. The molecule has 116 valence electrons. The zero-order valence-electron chi connectivity index (χ0n) is 12.4. The third kappa shape index (κ3) is 2.45. The number of thioether (sulfide) groups is 1. The molecule has 8 heteroatoms. The second-order valence-corrected chi connectivity index (χ2v) is 5.69. The summed E-state index contributed by atoms with van der Waals surface area (Å²) in [6.07, 6.45) is 6.80. The van der Waals surface area contributed by atoms with Crippen LogP contribution in [0.1, 0.15) is 0 Å². The standard InChI is InChI=1S/C15H12N4O3S/c1-4-8-23-13-10-12(18(2)15(21)19(3)14(10)20)16-11(17-13)9-6-5-7-22-9/h1,5-7H,8H2,2-3H3. The molecule has 0 N–H and O–H groups in total. The molecule has 0 aliphatic heterocycles. The van der Waals surface area contributed by atoms with Crippen molar-refractivity contribution in [3.05, 3.63) is 39.2 Å². The minimum Gasteiger partial charge on any atom is -0.461 e. The number of aromatic nitrogens is 4. The first kappa shape index (κ1) is 15.1. The summed E-state index contributed by atoms with van der Waals surface area (Å²) in [6, 6.07) is 3.41. The van der Waals surface area contributed by atoms with E-state index in [1.165, 1.54) is 29.6 Å². The topological polar surface area (TPSA) is 82.9 Å². The summed E-state index contributed by atoms with van der Waals surface area (Å²) in [6.45, 7) is 0. The average molecular weight is 328 g/mol. The Kier molecular flexibility index (Phi) is 3.80. The number of rotatable bonds is 3. The highest BCUT2D eigenvalue weighted by Crippen LogP contribution is 2.25. The van der Waals surface area contributed by atoms with E-state index >= 15 is 0 Å². The van der Waals surface area contributed by atoms with Gasteiger partial charge in [0.05, 0.1) is 12.0 Å². The van der Waals surface area contributed by atoms with Crippen LogP contribution in [0.5, 0.6) is 0 Å². The SMILES string of the molecule is C#CCSc1nc(-c2ccco2)nc2c1c(=O)n(C)c(=O)n2C. The van der Waals surface area contributed by atoms with E-state index < -0.39 is 11.2 Å². The lowest BCUT2D eigenvalue weighted by atomic mass is 10.3. The molecule has 3 heterocycles. The number of nitrogens with zero attached hydrogens (tertiary/aromatic N) is 4. The Hall–Kier alpha value is -2.79. The van der Waals surface area contributed by atoms with E-state index in [0.29, 0.717) is 22.4 Å². The van der Waals surface area contributed by atoms with Crippen molar-refractivity contribution in [1.29, 1.82) is 0 Å². The van der Waals surface area contributed by atoms with Crippen molar-refractivity contribution in [1.82, 2.24) is 19.1 Å². The van der Waals surface area contributed by atoms with Crippen molar-refractivity contribution in [3.63, 3.8) is 0 Å². The first-order chi connectivity index (χ1) is 11.0. The molecule has 0 saturated carbocycles. The second-order valence-electron chi connectivity index (χ2n) is 4.73. The fourth-order valence-corrected chi connectivity index (χ4v) is 2.85. The zero-order chi connectivity index (χ0) is 16.6. The van der Waals surface area contributed by atoms with Crippen LogP contribution in [0.2, 0.25) is 0 Å². The summed E-state index contributed by atoms with van der Waals surface area (Å²) < 4.78 is 7.64. The Balaban J connectivity index is 2.43. The average Bonchev–Trinajstić information content (AvgIpc) is 3.09. The lowest BCUT2D eigenvalue weighted by Gasteiger charge is -2.10. The summed E-state index contributed by atoms with van der Waals surface area (Å²) in [5.74, 6) is 3.58. The van der Waals surface area contributed by atoms with Gasteiger partial charge in [-0.25, -0.2) is 14.8 Å². The molecule has 0 saturated heterocycles. The van der Waals surface area contributed by atoms with Gasteiger partial charge in [-0.3, -0.25) is 13.9 Å². The number of fused-ring (bicyclic) bond motifs is 1. The van der Waals surface area contributed by atoms with Crippen LogP contribution in [0, 0.1) is 12.3 Å². The summed E-state index contributed by atoms with van der Waals surface area (Å²) in [5.41, 5.74) is -0.660. The number of terminal acetylenes is 1. The molecule has 7 nitrogen and oxygen atoms in total. The Labute approximate surface area is 135 Å². The van der Waals surface area contributed by atoms with Gasteiger partial charge in [-0.2, -0.15) is 0 Å². The Morgan fingerprint density at radius 2 is 2.09 bits per heavy atom. The lowest BCUT2D eigenvalue weighted by molar-refractivity contribution is 0.576. The second kappa shape index (κ2) is 5.78. The van der Waals surface area contributed by atoms with Crippen LogP contribution in [0.15, 0.2) is 37.4 Å². The summed E-state index contributed by atoms with van der Waals surface area (Å²) in [5, 5.41) is 0.695. The molecule has 0 amide bonds. The van der Waals surface area contributed by atoms with E-state index in [4.69, 9.17) is 10.8 Å². The monoisotopic (exact) mass is 328 g/mol. The zero-order valence-corrected chi connectivity index (χ0v) is 13.3. The predicted octanol–water partition coefficient (Wildman–Crippen LogP) is 1.01. The lowest BCUT2D eigenvalue weighted by Crippen LogP contribution is -2.37. The molecule has 3 rings (SSSR count). The van der Waals surface area contributed by atoms with Gasteiger partial charge in [0, 0.05) is 14.1 Å². The van der Waals surface area contributed by atoms with Gasteiger partial charge in [-0.15, -0.1) is 6.42 Å². The quantitative estimate of drug-likeness (QED) is 0.405. The van der Waals surface area contributed by atoms with Crippen molar-refractivity contribution < 1.29 is 4.42 Å². The Bertz CT molecular complexity index is 1040. The number of hydrogen-bond acceptors (Lipinski definition) is 6. The third-order valence-corrected chi connectivity index (χ3v) is 4.18.